The Morgan fingerprint density at radius 1 is 1.04 bits per heavy atom. The molecule has 27 heavy (non-hydrogen) atoms. The van der Waals surface area contributed by atoms with Gasteiger partial charge in [0, 0.05) is 5.92 Å². The van der Waals surface area contributed by atoms with Crippen LogP contribution in [0.3, 0.4) is 0 Å². The van der Waals surface area contributed by atoms with E-state index in [1.807, 2.05) is 6.07 Å². The molecule has 3 aliphatic rings. The Labute approximate surface area is 154 Å². The van der Waals surface area contributed by atoms with Gasteiger partial charge in [-0.15, -0.1) is 0 Å². The maximum absolute atomic E-state index is 11.9. The average molecular weight is 367 g/mol. The molecular formula is C20H17NO6. The number of hydroxylamine groups is 1. The van der Waals surface area contributed by atoms with Crippen molar-refractivity contribution >= 4 is 17.5 Å². The van der Waals surface area contributed by atoms with E-state index in [9.17, 15) is 24.9 Å². The highest BCUT2D eigenvalue weighted by atomic mass is 16.6. The van der Waals surface area contributed by atoms with E-state index in [1.54, 1.807) is 30.3 Å². The van der Waals surface area contributed by atoms with Crippen LogP contribution in [0, 0.1) is 11.8 Å². The second-order valence-corrected chi connectivity index (χ2v) is 6.67. The van der Waals surface area contributed by atoms with Gasteiger partial charge in [0.1, 0.15) is 5.75 Å². The van der Waals surface area contributed by atoms with E-state index in [1.165, 1.54) is 12.1 Å². The number of hydrogen-bond donors (Lipinski definition) is 4. The molecule has 2 aromatic rings. The lowest BCUT2D eigenvalue weighted by atomic mass is 9.60. The van der Waals surface area contributed by atoms with Crippen LogP contribution in [-0.2, 0) is 9.59 Å². The Hall–Kier alpha value is -3.48. The molecule has 0 heterocycles. The first-order valence-corrected chi connectivity index (χ1v) is 8.47. The molecule has 0 fully saturated rings. The van der Waals surface area contributed by atoms with Crippen LogP contribution in [0.5, 0.6) is 11.5 Å². The molecule has 3 unspecified atom stereocenters. The van der Waals surface area contributed by atoms with Crippen LogP contribution < -0.4 is 10.3 Å². The molecule has 7 nitrogen and oxygen atoms in total. The summed E-state index contributed by atoms with van der Waals surface area (Å²) in [6, 6.07) is 13.6. The molecule has 2 bridgehead atoms. The van der Waals surface area contributed by atoms with Crippen molar-refractivity contribution in [1.29, 1.82) is 0 Å². The SMILES string of the molecule is O=C(O)C1C2=C(NOc3ccccc3)CC(c3ccc(O)cc32)C1C(=O)O. The highest BCUT2D eigenvalue weighted by Crippen LogP contribution is 2.55. The van der Waals surface area contributed by atoms with E-state index in [2.05, 4.69) is 5.48 Å². The van der Waals surface area contributed by atoms with Crippen molar-refractivity contribution in [3.8, 4) is 11.5 Å². The molecule has 0 saturated carbocycles. The number of phenolic OH excluding ortho intramolecular Hbond substituents is 1. The predicted octanol–water partition coefficient (Wildman–Crippen LogP) is 2.59. The molecular weight excluding hydrogens is 350 g/mol. The Morgan fingerprint density at radius 3 is 2.44 bits per heavy atom. The van der Waals surface area contributed by atoms with E-state index >= 15 is 0 Å². The summed E-state index contributed by atoms with van der Waals surface area (Å²) in [7, 11) is 0. The van der Waals surface area contributed by atoms with Gasteiger partial charge in [0.2, 0.25) is 0 Å². The molecule has 0 amide bonds. The van der Waals surface area contributed by atoms with Gasteiger partial charge in [0.25, 0.3) is 0 Å². The van der Waals surface area contributed by atoms with E-state index in [4.69, 9.17) is 4.84 Å². The number of nitrogens with one attached hydrogen (secondary N) is 1. The molecule has 2 aromatic carbocycles. The molecule has 0 radical (unpaired) electrons. The lowest BCUT2D eigenvalue weighted by Gasteiger charge is -2.43. The summed E-state index contributed by atoms with van der Waals surface area (Å²) in [5, 5.41) is 29.3. The van der Waals surface area contributed by atoms with Gasteiger partial charge in [-0.3, -0.25) is 9.59 Å². The zero-order chi connectivity index (χ0) is 19.1. The lowest BCUT2D eigenvalue weighted by Crippen LogP contribution is -2.44. The Balaban J connectivity index is 1.81. The third-order valence-electron chi connectivity index (χ3n) is 5.17. The highest BCUT2D eigenvalue weighted by molar-refractivity contribution is 5.97. The first kappa shape index (κ1) is 17.0. The summed E-state index contributed by atoms with van der Waals surface area (Å²) < 4.78 is 0. The van der Waals surface area contributed by atoms with E-state index in [-0.39, 0.29) is 5.75 Å². The quantitative estimate of drug-likeness (QED) is 0.600. The van der Waals surface area contributed by atoms with Gasteiger partial charge in [-0.1, -0.05) is 24.3 Å². The van der Waals surface area contributed by atoms with Gasteiger partial charge in [-0.05, 0) is 47.4 Å². The molecule has 0 aliphatic heterocycles. The zero-order valence-corrected chi connectivity index (χ0v) is 14.1. The number of benzene rings is 2. The van der Waals surface area contributed by atoms with E-state index < -0.39 is 29.7 Å². The topological polar surface area (TPSA) is 116 Å². The fourth-order valence-corrected chi connectivity index (χ4v) is 4.09. The Kier molecular flexibility index (Phi) is 3.99. The summed E-state index contributed by atoms with van der Waals surface area (Å²) >= 11 is 0. The molecule has 3 aliphatic carbocycles. The fourth-order valence-electron chi connectivity index (χ4n) is 4.09. The van der Waals surface area contributed by atoms with Crippen LogP contribution in [0.15, 0.2) is 54.2 Å². The fraction of sp³-hybridized carbons (Fsp3) is 0.200. The molecule has 0 aromatic heterocycles. The lowest BCUT2D eigenvalue weighted by molar-refractivity contribution is -0.153. The first-order valence-electron chi connectivity index (χ1n) is 8.47. The largest absolute Gasteiger partial charge is 0.508 e. The normalized spacial score (nSPS) is 22.9. The molecule has 7 heteroatoms. The second-order valence-electron chi connectivity index (χ2n) is 6.67. The third-order valence-corrected chi connectivity index (χ3v) is 5.17. The van der Waals surface area contributed by atoms with Crippen molar-refractivity contribution in [3.05, 3.63) is 65.4 Å². The number of fused-ring (bicyclic) bond motifs is 2. The monoisotopic (exact) mass is 367 g/mol. The van der Waals surface area contributed by atoms with Gasteiger partial charge < -0.3 is 20.2 Å². The summed E-state index contributed by atoms with van der Waals surface area (Å²) in [6.45, 7) is 0. The summed E-state index contributed by atoms with van der Waals surface area (Å²) in [5.74, 6) is -4.65. The van der Waals surface area contributed by atoms with Crippen molar-refractivity contribution in [1.82, 2.24) is 5.48 Å². The molecule has 4 N–H and O–H groups in total. The Morgan fingerprint density at radius 2 is 1.78 bits per heavy atom. The smallest absolute Gasteiger partial charge is 0.311 e. The van der Waals surface area contributed by atoms with E-state index in [0.717, 1.165) is 5.56 Å². The van der Waals surface area contributed by atoms with Gasteiger partial charge in [-0.25, -0.2) is 5.48 Å². The van der Waals surface area contributed by atoms with Crippen LogP contribution in [-0.4, -0.2) is 27.3 Å². The third kappa shape index (κ3) is 2.77. The van der Waals surface area contributed by atoms with Gasteiger partial charge >= 0.3 is 11.9 Å². The number of aliphatic carboxylic acids is 2. The van der Waals surface area contributed by atoms with Crippen molar-refractivity contribution in [2.45, 2.75) is 12.3 Å². The van der Waals surface area contributed by atoms with Crippen molar-refractivity contribution in [2.24, 2.45) is 11.8 Å². The van der Waals surface area contributed by atoms with Crippen LogP contribution in [0.25, 0.3) is 5.57 Å². The van der Waals surface area contributed by atoms with Gasteiger partial charge in [0.05, 0.1) is 17.5 Å². The van der Waals surface area contributed by atoms with Crippen LogP contribution in [0.4, 0.5) is 0 Å². The van der Waals surface area contributed by atoms with Gasteiger partial charge in [-0.2, -0.15) is 0 Å². The minimum absolute atomic E-state index is 0.00635. The minimum Gasteiger partial charge on any atom is -0.508 e. The molecule has 3 atom stereocenters. The summed E-state index contributed by atoms with van der Waals surface area (Å²) in [5.41, 5.74) is 4.97. The van der Waals surface area contributed by atoms with Crippen molar-refractivity contribution in [2.75, 3.05) is 0 Å². The average Bonchev–Trinajstić information content (AvgIpc) is 2.66. The summed E-state index contributed by atoms with van der Waals surface area (Å²) in [4.78, 5) is 29.3. The van der Waals surface area contributed by atoms with Crippen molar-refractivity contribution in [3.63, 3.8) is 0 Å². The molecule has 0 spiro atoms. The zero-order valence-electron chi connectivity index (χ0n) is 14.1. The summed E-state index contributed by atoms with van der Waals surface area (Å²) in [6.07, 6.45) is 0.320. The minimum atomic E-state index is -1.22. The van der Waals surface area contributed by atoms with Crippen LogP contribution >= 0.6 is 0 Å². The maximum atomic E-state index is 11.9. The number of rotatable bonds is 5. The number of phenols is 1. The Bertz CT molecular complexity index is 952. The first-order chi connectivity index (χ1) is 13.0. The number of carboxylic acids is 2. The van der Waals surface area contributed by atoms with Crippen LogP contribution in [0.2, 0.25) is 0 Å². The number of para-hydroxylation sites is 1. The number of carboxylic acid groups (broad SMARTS) is 2. The number of allylic oxidation sites excluding steroid dienone is 1. The van der Waals surface area contributed by atoms with Crippen LogP contribution in [0.1, 0.15) is 23.5 Å². The van der Waals surface area contributed by atoms with Crippen molar-refractivity contribution < 1.29 is 29.7 Å². The second kappa shape index (κ2) is 6.35. The predicted molar refractivity (Wildman–Crippen MR) is 94.8 cm³/mol. The molecule has 5 rings (SSSR count). The standard InChI is InChI=1S/C20H17NO6/c22-10-6-7-12-13(8-10)16-15(21-27-11-4-2-1-3-5-11)9-14(12)17(19(23)24)18(16)20(25)26/h1-8,14,17-18,21-22H,9H2,(H,23,24)(H,25,26). The highest BCUT2D eigenvalue weighted by Gasteiger charge is 2.52. The van der Waals surface area contributed by atoms with Gasteiger partial charge in [0.15, 0.2) is 5.75 Å². The maximum Gasteiger partial charge on any atom is 0.311 e. The number of aromatic hydroxyl groups is 1. The number of carbonyl (C=O) groups is 2. The number of hydrogen-bond acceptors (Lipinski definition) is 5. The molecule has 0 saturated heterocycles. The molecule has 138 valence electrons. The van der Waals surface area contributed by atoms with E-state index in [0.29, 0.717) is 29.0 Å².